The van der Waals surface area contributed by atoms with Gasteiger partial charge in [0.25, 0.3) is 0 Å². The van der Waals surface area contributed by atoms with Crippen LogP contribution in [0.1, 0.15) is 13.8 Å². The number of hydrogen-bond acceptors (Lipinski definition) is 2. The summed E-state index contributed by atoms with van der Waals surface area (Å²) in [5.41, 5.74) is 6.10. The van der Waals surface area contributed by atoms with E-state index >= 15 is 0 Å². The van der Waals surface area contributed by atoms with Crippen LogP contribution in [0, 0.1) is 0 Å². The lowest BCUT2D eigenvalue weighted by atomic mass is 10.5. The summed E-state index contributed by atoms with van der Waals surface area (Å²) < 4.78 is 0. The van der Waals surface area contributed by atoms with Crippen molar-refractivity contribution in [2.45, 2.75) is 13.8 Å². The predicted octanol–water partition coefficient (Wildman–Crippen LogP) is 0.940. The molecule has 0 atom stereocenters. The van der Waals surface area contributed by atoms with E-state index in [1.54, 1.807) is 6.21 Å². The highest BCUT2D eigenvalue weighted by Gasteiger charge is 1.73. The van der Waals surface area contributed by atoms with Gasteiger partial charge in [-0.15, -0.1) is 0 Å². The van der Waals surface area contributed by atoms with Gasteiger partial charge >= 0.3 is 0 Å². The molecule has 0 aliphatic rings. The van der Waals surface area contributed by atoms with Crippen LogP contribution in [-0.4, -0.2) is 12.8 Å². The van der Waals surface area contributed by atoms with Crippen LogP contribution in [0.15, 0.2) is 16.8 Å². The number of nitrogens with two attached hydrogens (primary N) is 1. The van der Waals surface area contributed by atoms with Crippen LogP contribution in [-0.2, 0) is 0 Å². The third kappa shape index (κ3) is 3.40. The van der Waals surface area contributed by atoms with Crippen LogP contribution in [0.5, 0.6) is 0 Å². The fraction of sp³-hybridized carbons (Fsp3) is 0.500. The molecule has 2 nitrogen and oxygen atoms in total. The average molecular weight is 112 g/mol. The molecule has 2 heteroatoms. The van der Waals surface area contributed by atoms with E-state index in [0.717, 1.165) is 12.2 Å². The standard InChI is InChI=1S/C6H12N2/c1-3-6(7)5-8-4-2/h3,5H,4,7H2,1-2H3/b6-3+,8-5?. The minimum Gasteiger partial charge on any atom is -0.398 e. The molecule has 0 aromatic carbocycles. The molecule has 8 heavy (non-hydrogen) atoms. The van der Waals surface area contributed by atoms with Crippen molar-refractivity contribution in [3.05, 3.63) is 11.8 Å². The van der Waals surface area contributed by atoms with E-state index in [1.165, 1.54) is 0 Å². The van der Waals surface area contributed by atoms with Gasteiger partial charge < -0.3 is 5.73 Å². The third-order valence-electron chi connectivity index (χ3n) is 0.756. The van der Waals surface area contributed by atoms with Crippen LogP contribution in [0.25, 0.3) is 0 Å². The lowest BCUT2D eigenvalue weighted by molar-refractivity contribution is 1.14. The first-order chi connectivity index (χ1) is 3.81. The maximum atomic E-state index is 5.37. The molecule has 0 bridgehead atoms. The van der Waals surface area contributed by atoms with Gasteiger partial charge in [-0.3, -0.25) is 4.99 Å². The van der Waals surface area contributed by atoms with Gasteiger partial charge in [-0.1, -0.05) is 6.08 Å². The van der Waals surface area contributed by atoms with E-state index in [4.69, 9.17) is 5.73 Å². The minimum absolute atomic E-state index is 0.729. The summed E-state index contributed by atoms with van der Waals surface area (Å²) in [6.45, 7) is 4.66. The second-order valence-electron chi connectivity index (χ2n) is 1.42. The predicted molar refractivity (Wildman–Crippen MR) is 37.0 cm³/mol. The van der Waals surface area contributed by atoms with Crippen molar-refractivity contribution in [3.63, 3.8) is 0 Å². The largest absolute Gasteiger partial charge is 0.398 e. The molecule has 0 saturated carbocycles. The van der Waals surface area contributed by atoms with Gasteiger partial charge in [-0.2, -0.15) is 0 Å². The number of hydrogen-bond donors (Lipinski definition) is 1. The van der Waals surface area contributed by atoms with E-state index < -0.39 is 0 Å². The molecule has 0 heterocycles. The highest BCUT2D eigenvalue weighted by molar-refractivity contribution is 5.76. The first-order valence-electron chi connectivity index (χ1n) is 2.72. The van der Waals surface area contributed by atoms with Crippen LogP contribution >= 0.6 is 0 Å². The maximum absolute atomic E-state index is 5.37. The molecule has 0 radical (unpaired) electrons. The van der Waals surface area contributed by atoms with E-state index in [1.807, 2.05) is 19.9 Å². The smallest absolute Gasteiger partial charge is 0.0452 e. The van der Waals surface area contributed by atoms with Crippen molar-refractivity contribution in [2.24, 2.45) is 10.7 Å². The topological polar surface area (TPSA) is 38.4 Å². The molecule has 0 aromatic rings. The van der Waals surface area contributed by atoms with Crippen molar-refractivity contribution < 1.29 is 0 Å². The monoisotopic (exact) mass is 112 g/mol. The van der Waals surface area contributed by atoms with Gasteiger partial charge in [-0.05, 0) is 13.8 Å². The molecule has 0 unspecified atom stereocenters. The molecule has 0 aliphatic carbocycles. The Morgan fingerprint density at radius 1 is 1.75 bits per heavy atom. The molecule has 0 spiro atoms. The molecule has 0 rings (SSSR count). The van der Waals surface area contributed by atoms with Crippen LogP contribution in [0.2, 0.25) is 0 Å². The highest BCUT2D eigenvalue weighted by Crippen LogP contribution is 1.75. The molecule has 2 N–H and O–H groups in total. The van der Waals surface area contributed by atoms with Crippen molar-refractivity contribution in [1.82, 2.24) is 0 Å². The summed E-state index contributed by atoms with van der Waals surface area (Å²) in [5.74, 6) is 0. The Balaban J connectivity index is 3.53. The maximum Gasteiger partial charge on any atom is 0.0452 e. The molecule has 0 fully saturated rings. The molecule has 0 saturated heterocycles. The zero-order chi connectivity index (χ0) is 6.41. The summed E-state index contributed by atoms with van der Waals surface area (Å²) in [6, 6.07) is 0. The quantitative estimate of drug-likeness (QED) is 0.530. The second-order valence-corrected chi connectivity index (χ2v) is 1.42. The Kier molecular flexibility index (Phi) is 3.94. The highest BCUT2D eigenvalue weighted by atomic mass is 14.7. The van der Waals surface area contributed by atoms with Gasteiger partial charge in [0.15, 0.2) is 0 Å². The van der Waals surface area contributed by atoms with Crippen molar-refractivity contribution in [1.29, 1.82) is 0 Å². The van der Waals surface area contributed by atoms with Gasteiger partial charge in [-0.25, -0.2) is 0 Å². The normalized spacial score (nSPS) is 13.0. The Morgan fingerprint density at radius 2 is 2.38 bits per heavy atom. The summed E-state index contributed by atoms with van der Waals surface area (Å²) in [5, 5.41) is 0. The lowest BCUT2D eigenvalue weighted by Crippen LogP contribution is -1.96. The van der Waals surface area contributed by atoms with Crippen LogP contribution < -0.4 is 5.73 Å². The Bertz CT molecular complexity index is 103. The third-order valence-corrected chi connectivity index (χ3v) is 0.756. The Morgan fingerprint density at radius 3 is 2.75 bits per heavy atom. The average Bonchev–Trinajstić information content (AvgIpc) is 1.83. The number of rotatable bonds is 2. The summed E-state index contributed by atoms with van der Waals surface area (Å²) in [7, 11) is 0. The second kappa shape index (κ2) is 4.37. The zero-order valence-electron chi connectivity index (χ0n) is 5.39. The molecule has 0 aromatic heterocycles. The summed E-state index contributed by atoms with van der Waals surface area (Å²) in [6.07, 6.45) is 3.49. The SMILES string of the molecule is C/C=C(/N)C=NCC. The molecule has 46 valence electrons. The first kappa shape index (κ1) is 7.21. The summed E-state index contributed by atoms with van der Waals surface area (Å²) >= 11 is 0. The zero-order valence-corrected chi connectivity index (χ0v) is 5.39. The van der Waals surface area contributed by atoms with E-state index in [-0.39, 0.29) is 0 Å². The Hall–Kier alpha value is -0.790. The van der Waals surface area contributed by atoms with Crippen LogP contribution in [0.4, 0.5) is 0 Å². The van der Waals surface area contributed by atoms with Crippen molar-refractivity contribution >= 4 is 6.21 Å². The number of allylic oxidation sites excluding steroid dienone is 2. The lowest BCUT2D eigenvalue weighted by Gasteiger charge is -1.84. The van der Waals surface area contributed by atoms with Gasteiger partial charge in [0, 0.05) is 18.5 Å². The van der Waals surface area contributed by atoms with E-state index in [0.29, 0.717) is 0 Å². The van der Waals surface area contributed by atoms with Crippen molar-refractivity contribution in [3.8, 4) is 0 Å². The minimum atomic E-state index is 0.729. The van der Waals surface area contributed by atoms with Gasteiger partial charge in [0.2, 0.25) is 0 Å². The number of nitrogens with zero attached hydrogens (tertiary/aromatic N) is 1. The summed E-state index contributed by atoms with van der Waals surface area (Å²) in [4.78, 5) is 3.92. The van der Waals surface area contributed by atoms with Crippen molar-refractivity contribution in [2.75, 3.05) is 6.54 Å². The fourth-order valence-electron chi connectivity index (χ4n) is 0.271. The molecular weight excluding hydrogens is 100 g/mol. The number of aliphatic imine (C=N–C) groups is 1. The molecule has 0 amide bonds. The van der Waals surface area contributed by atoms with E-state index in [9.17, 15) is 0 Å². The molecule has 0 aliphatic heterocycles. The van der Waals surface area contributed by atoms with Crippen LogP contribution in [0.3, 0.4) is 0 Å². The first-order valence-corrected chi connectivity index (χ1v) is 2.72. The van der Waals surface area contributed by atoms with Gasteiger partial charge in [0.1, 0.15) is 0 Å². The van der Waals surface area contributed by atoms with E-state index in [2.05, 4.69) is 4.99 Å². The van der Waals surface area contributed by atoms with Gasteiger partial charge in [0.05, 0.1) is 0 Å². The Labute approximate surface area is 50.1 Å². The fourth-order valence-corrected chi connectivity index (χ4v) is 0.271. The molecular formula is C6H12N2.